The van der Waals surface area contributed by atoms with Crippen LogP contribution in [0.2, 0.25) is 0 Å². The second kappa shape index (κ2) is 8.03. The third kappa shape index (κ3) is 4.61. The molecule has 18 heavy (non-hydrogen) atoms. The number of para-hydroxylation sites is 1. The fourth-order valence-electron chi connectivity index (χ4n) is 1.58. The first-order valence-electron chi connectivity index (χ1n) is 6.23. The predicted molar refractivity (Wildman–Crippen MR) is 78.1 cm³/mol. The van der Waals surface area contributed by atoms with Crippen LogP contribution in [0.15, 0.2) is 29.4 Å². The summed E-state index contributed by atoms with van der Waals surface area (Å²) in [4.78, 5) is 0. The molecule has 0 aromatic heterocycles. The van der Waals surface area contributed by atoms with Crippen LogP contribution < -0.4 is 4.74 Å². The average molecular weight is 267 g/mol. The fraction of sp³-hybridized carbons (Fsp3) is 0.500. The van der Waals surface area contributed by atoms with Crippen molar-refractivity contribution in [3.05, 3.63) is 29.8 Å². The first-order valence-corrected chi connectivity index (χ1v) is 7.28. The SMILES string of the molecule is CC/C(=N/O)c1ccccc1OCCSC(C)C. The van der Waals surface area contributed by atoms with Crippen molar-refractivity contribution in [3.8, 4) is 5.75 Å². The Morgan fingerprint density at radius 3 is 2.72 bits per heavy atom. The van der Waals surface area contributed by atoms with Crippen molar-refractivity contribution in [3.63, 3.8) is 0 Å². The van der Waals surface area contributed by atoms with E-state index in [2.05, 4.69) is 19.0 Å². The summed E-state index contributed by atoms with van der Waals surface area (Å²) in [6, 6.07) is 7.69. The van der Waals surface area contributed by atoms with E-state index in [1.54, 1.807) is 0 Å². The molecule has 1 rings (SSSR count). The van der Waals surface area contributed by atoms with Crippen molar-refractivity contribution in [2.75, 3.05) is 12.4 Å². The Kier molecular flexibility index (Phi) is 6.65. The third-order valence-corrected chi connectivity index (χ3v) is 3.51. The molecule has 0 spiro atoms. The molecule has 3 nitrogen and oxygen atoms in total. The Labute approximate surface area is 113 Å². The van der Waals surface area contributed by atoms with Gasteiger partial charge in [-0.05, 0) is 23.8 Å². The fourth-order valence-corrected chi connectivity index (χ4v) is 2.23. The normalized spacial score (nSPS) is 11.9. The molecule has 0 radical (unpaired) electrons. The Morgan fingerprint density at radius 1 is 1.39 bits per heavy atom. The molecule has 1 N–H and O–H groups in total. The maximum absolute atomic E-state index is 8.98. The van der Waals surface area contributed by atoms with Crippen molar-refractivity contribution in [2.24, 2.45) is 5.16 Å². The summed E-state index contributed by atoms with van der Waals surface area (Å²) in [5, 5.41) is 12.9. The standard InChI is InChI=1S/C14H21NO2S/c1-4-13(15-16)12-7-5-6-8-14(12)17-9-10-18-11(2)3/h5-8,11,16H,4,9-10H2,1-3H3/b15-13-. The van der Waals surface area contributed by atoms with Crippen molar-refractivity contribution in [1.29, 1.82) is 0 Å². The Bertz CT molecular complexity index is 391. The summed E-state index contributed by atoms with van der Waals surface area (Å²) in [6.45, 7) is 6.97. The number of oxime groups is 1. The zero-order valence-electron chi connectivity index (χ0n) is 11.2. The van der Waals surface area contributed by atoms with Crippen molar-refractivity contribution >= 4 is 17.5 Å². The first kappa shape index (κ1) is 14.9. The van der Waals surface area contributed by atoms with Crippen LogP contribution in [0.4, 0.5) is 0 Å². The van der Waals surface area contributed by atoms with Gasteiger partial charge in [0.1, 0.15) is 5.75 Å². The maximum Gasteiger partial charge on any atom is 0.128 e. The molecule has 0 unspecified atom stereocenters. The van der Waals surface area contributed by atoms with Crippen molar-refractivity contribution in [2.45, 2.75) is 32.4 Å². The van der Waals surface area contributed by atoms with Gasteiger partial charge in [-0.15, -0.1) is 0 Å². The predicted octanol–water partition coefficient (Wildman–Crippen LogP) is 3.80. The second-order valence-electron chi connectivity index (χ2n) is 4.16. The lowest BCUT2D eigenvalue weighted by Crippen LogP contribution is -2.07. The molecule has 0 fully saturated rings. The van der Waals surface area contributed by atoms with Gasteiger partial charge in [-0.3, -0.25) is 0 Å². The van der Waals surface area contributed by atoms with Crippen LogP contribution in [0, 0.1) is 0 Å². The van der Waals surface area contributed by atoms with Gasteiger partial charge < -0.3 is 9.94 Å². The van der Waals surface area contributed by atoms with Gasteiger partial charge in [0, 0.05) is 11.3 Å². The number of benzene rings is 1. The van der Waals surface area contributed by atoms with E-state index < -0.39 is 0 Å². The molecular weight excluding hydrogens is 246 g/mol. The number of nitrogens with zero attached hydrogens (tertiary/aromatic N) is 1. The van der Waals surface area contributed by atoms with Crippen LogP contribution in [0.3, 0.4) is 0 Å². The molecule has 0 aliphatic carbocycles. The average Bonchev–Trinajstić information content (AvgIpc) is 2.37. The molecular formula is C14H21NO2S. The van der Waals surface area contributed by atoms with Crippen molar-refractivity contribution < 1.29 is 9.94 Å². The van der Waals surface area contributed by atoms with Gasteiger partial charge in [0.2, 0.25) is 0 Å². The molecule has 0 saturated carbocycles. The second-order valence-corrected chi connectivity index (χ2v) is 5.85. The number of ether oxygens (including phenoxy) is 1. The summed E-state index contributed by atoms with van der Waals surface area (Å²) in [7, 11) is 0. The van der Waals surface area contributed by atoms with Gasteiger partial charge >= 0.3 is 0 Å². The van der Waals surface area contributed by atoms with Crippen molar-refractivity contribution in [1.82, 2.24) is 0 Å². The molecule has 4 heteroatoms. The quantitative estimate of drug-likeness (QED) is 0.354. The molecule has 0 amide bonds. The minimum atomic E-state index is 0.619. The van der Waals surface area contributed by atoms with Crippen LogP contribution in [0.5, 0.6) is 5.75 Å². The Balaban J connectivity index is 2.65. The van der Waals surface area contributed by atoms with E-state index >= 15 is 0 Å². The number of rotatable bonds is 7. The third-order valence-electron chi connectivity index (χ3n) is 2.45. The van der Waals surface area contributed by atoms with Crippen LogP contribution in [-0.4, -0.2) is 28.5 Å². The van der Waals surface area contributed by atoms with Crippen LogP contribution in [0.25, 0.3) is 0 Å². The van der Waals surface area contributed by atoms with E-state index in [4.69, 9.17) is 9.94 Å². The minimum Gasteiger partial charge on any atom is -0.492 e. The lowest BCUT2D eigenvalue weighted by molar-refractivity contribution is 0.316. The molecule has 100 valence electrons. The van der Waals surface area contributed by atoms with Gasteiger partial charge in [-0.1, -0.05) is 38.1 Å². The highest BCUT2D eigenvalue weighted by molar-refractivity contribution is 7.99. The Hall–Kier alpha value is -1.16. The molecule has 0 aliphatic heterocycles. The highest BCUT2D eigenvalue weighted by Crippen LogP contribution is 2.20. The molecule has 0 saturated heterocycles. The minimum absolute atomic E-state index is 0.619. The molecule has 1 aromatic carbocycles. The van der Waals surface area contributed by atoms with E-state index in [0.29, 0.717) is 24.0 Å². The molecule has 0 bridgehead atoms. The molecule has 0 heterocycles. The smallest absolute Gasteiger partial charge is 0.128 e. The number of hydrogen-bond donors (Lipinski definition) is 1. The lowest BCUT2D eigenvalue weighted by Gasteiger charge is -2.12. The highest BCUT2D eigenvalue weighted by Gasteiger charge is 2.08. The van der Waals surface area contributed by atoms with Crippen LogP contribution >= 0.6 is 11.8 Å². The molecule has 0 aliphatic rings. The summed E-state index contributed by atoms with van der Waals surface area (Å²) < 4.78 is 5.76. The van der Waals surface area contributed by atoms with E-state index in [-0.39, 0.29) is 0 Å². The summed E-state index contributed by atoms with van der Waals surface area (Å²) in [5.74, 6) is 1.75. The van der Waals surface area contributed by atoms with Gasteiger partial charge in [0.25, 0.3) is 0 Å². The van der Waals surface area contributed by atoms with Gasteiger partial charge in [0.15, 0.2) is 0 Å². The number of thioether (sulfide) groups is 1. The van der Waals surface area contributed by atoms with E-state index in [0.717, 1.165) is 17.1 Å². The van der Waals surface area contributed by atoms with Gasteiger partial charge in [-0.2, -0.15) is 11.8 Å². The molecule has 1 aromatic rings. The zero-order valence-corrected chi connectivity index (χ0v) is 12.0. The van der Waals surface area contributed by atoms with Crippen LogP contribution in [0.1, 0.15) is 32.8 Å². The van der Waals surface area contributed by atoms with Gasteiger partial charge in [0.05, 0.1) is 12.3 Å². The largest absolute Gasteiger partial charge is 0.492 e. The molecule has 0 atom stereocenters. The van der Waals surface area contributed by atoms with E-state index in [9.17, 15) is 0 Å². The number of hydrogen-bond acceptors (Lipinski definition) is 4. The maximum atomic E-state index is 8.98. The van der Waals surface area contributed by atoms with E-state index in [1.807, 2.05) is 43.0 Å². The topological polar surface area (TPSA) is 41.8 Å². The summed E-state index contributed by atoms with van der Waals surface area (Å²) in [6.07, 6.45) is 0.678. The first-order chi connectivity index (χ1) is 8.69. The summed E-state index contributed by atoms with van der Waals surface area (Å²) in [5.41, 5.74) is 1.53. The van der Waals surface area contributed by atoms with Crippen LogP contribution in [-0.2, 0) is 0 Å². The van der Waals surface area contributed by atoms with Gasteiger partial charge in [-0.25, -0.2) is 0 Å². The zero-order chi connectivity index (χ0) is 13.4. The highest BCUT2D eigenvalue weighted by atomic mass is 32.2. The summed E-state index contributed by atoms with van der Waals surface area (Å²) >= 11 is 1.87. The Morgan fingerprint density at radius 2 is 2.11 bits per heavy atom. The monoisotopic (exact) mass is 267 g/mol. The van der Waals surface area contributed by atoms with E-state index in [1.165, 1.54) is 0 Å². The lowest BCUT2D eigenvalue weighted by atomic mass is 10.1.